The summed E-state index contributed by atoms with van der Waals surface area (Å²) in [6.45, 7) is 5.10. The van der Waals surface area contributed by atoms with Crippen LogP contribution in [0.1, 0.15) is 78.6 Å². The van der Waals surface area contributed by atoms with Gasteiger partial charge in [-0.3, -0.25) is 19.1 Å². The molecule has 2 aromatic heterocycles. The standard InChI is InChI=1S/C40H50N6O10S2/c1-39(2,3)56-38(50)43-26-13-10-8-6-7-9-12-23-21-40(23,37(49)45-58(51,52)25-15-16-25)44-34(47)29-18-24(22-46(29)36(26)48)55-35-33(32-14-11-17-57-32)41-27-19-30(53-4)31(54-5)20-28(27)42-35/h9,11-12,14,17,19-20,23-26,29H,6-8,10,13,15-16,18,21-22H2,1-5H3,(H,43,50)(H,44,47)(H,45,49)/b12-9-/t23-,24-,26+,29+,40-/m1/s1. The molecule has 0 radical (unpaired) electrons. The lowest BCUT2D eigenvalue weighted by atomic mass is 10.0. The molecule has 2 aliphatic heterocycles. The van der Waals surface area contributed by atoms with Crippen LogP contribution in [0.2, 0.25) is 0 Å². The lowest BCUT2D eigenvalue weighted by molar-refractivity contribution is -0.141. The first-order chi connectivity index (χ1) is 27.6. The first-order valence-corrected chi connectivity index (χ1v) is 22.0. The highest BCUT2D eigenvalue weighted by atomic mass is 32.2. The van der Waals surface area contributed by atoms with Crippen LogP contribution in [-0.4, -0.2) is 102 Å². The summed E-state index contributed by atoms with van der Waals surface area (Å²) < 4.78 is 51.2. The fraction of sp³-hybridized carbons (Fsp3) is 0.550. The summed E-state index contributed by atoms with van der Waals surface area (Å²) in [5.74, 6) is -1.36. The Hall–Kier alpha value is -4.97. The van der Waals surface area contributed by atoms with Crippen molar-refractivity contribution in [3.8, 4) is 28.0 Å². The summed E-state index contributed by atoms with van der Waals surface area (Å²) in [4.78, 5) is 67.9. The summed E-state index contributed by atoms with van der Waals surface area (Å²) in [6, 6.07) is 4.96. The van der Waals surface area contributed by atoms with Crippen molar-refractivity contribution in [2.24, 2.45) is 5.92 Å². The van der Waals surface area contributed by atoms with Crippen molar-refractivity contribution in [1.29, 1.82) is 0 Å². The van der Waals surface area contributed by atoms with Gasteiger partial charge in [-0.15, -0.1) is 11.3 Å². The molecule has 312 valence electrons. The van der Waals surface area contributed by atoms with Gasteiger partial charge in [0.2, 0.25) is 27.7 Å². The minimum atomic E-state index is -3.92. The van der Waals surface area contributed by atoms with E-state index in [1.165, 1.54) is 30.5 Å². The van der Waals surface area contributed by atoms with E-state index in [2.05, 4.69) is 15.4 Å². The topological polar surface area (TPSA) is 204 Å². The number of thiophene rings is 1. The molecule has 7 rings (SSSR count). The van der Waals surface area contributed by atoms with E-state index in [4.69, 9.17) is 28.9 Å². The minimum Gasteiger partial charge on any atom is -0.493 e. The van der Waals surface area contributed by atoms with Gasteiger partial charge >= 0.3 is 6.09 Å². The molecule has 0 spiro atoms. The van der Waals surface area contributed by atoms with Crippen LogP contribution in [0.5, 0.6) is 17.4 Å². The zero-order valence-corrected chi connectivity index (χ0v) is 34.9. The Bertz CT molecular complexity index is 2200. The largest absolute Gasteiger partial charge is 0.493 e. The minimum absolute atomic E-state index is 0.00909. The number of carbonyl (C=O) groups excluding carboxylic acids is 4. The van der Waals surface area contributed by atoms with Crippen LogP contribution in [0.3, 0.4) is 0 Å². The smallest absolute Gasteiger partial charge is 0.408 e. The molecule has 0 unspecified atom stereocenters. The number of benzene rings is 1. The van der Waals surface area contributed by atoms with E-state index in [-0.39, 0.29) is 31.7 Å². The molecule has 18 heteroatoms. The second-order valence-corrected chi connectivity index (χ2v) is 19.2. The Balaban J connectivity index is 1.23. The van der Waals surface area contributed by atoms with E-state index in [1.54, 1.807) is 32.9 Å². The Morgan fingerprint density at radius 1 is 1.02 bits per heavy atom. The zero-order chi connectivity index (χ0) is 41.4. The maximum atomic E-state index is 14.6. The molecule has 1 saturated heterocycles. The second-order valence-electron chi connectivity index (χ2n) is 16.2. The van der Waals surface area contributed by atoms with Crippen molar-refractivity contribution in [2.75, 3.05) is 20.8 Å². The number of aromatic nitrogens is 2. The number of fused-ring (bicyclic) bond motifs is 3. The van der Waals surface area contributed by atoms with Gasteiger partial charge in [0, 0.05) is 24.5 Å². The monoisotopic (exact) mass is 838 g/mol. The number of nitrogens with zero attached hydrogens (tertiary/aromatic N) is 3. The predicted octanol–water partition coefficient (Wildman–Crippen LogP) is 4.62. The van der Waals surface area contributed by atoms with Crippen LogP contribution < -0.4 is 29.6 Å². The van der Waals surface area contributed by atoms with Gasteiger partial charge in [-0.2, -0.15) is 0 Å². The number of rotatable bonds is 9. The third kappa shape index (κ3) is 9.02. The number of ether oxygens (including phenoxy) is 4. The SMILES string of the molecule is COc1cc2nc(O[C@@H]3C[C@H]4C(=O)N[C@]5(C(=O)NS(=O)(=O)C6CC6)C[C@H]5/C=C\CCCCC[C@H](NC(=O)OC(C)(C)C)C(=O)N4C3)c(-c3cccs3)nc2cc1OC. The molecule has 16 nitrogen and oxygen atoms in total. The molecular weight excluding hydrogens is 789 g/mol. The Labute approximate surface area is 341 Å². The van der Waals surface area contributed by atoms with Gasteiger partial charge in [0.1, 0.15) is 35.0 Å². The Morgan fingerprint density at radius 2 is 1.74 bits per heavy atom. The van der Waals surface area contributed by atoms with Gasteiger partial charge in [0.05, 0.1) is 41.9 Å². The van der Waals surface area contributed by atoms with Gasteiger partial charge in [-0.25, -0.2) is 23.2 Å². The molecule has 2 saturated carbocycles. The first kappa shape index (κ1) is 41.2. The number of allylic oxidation sites excluding steroid dienone is 1. The van der Waals surface area contributed by atoms with E-state index >= 15 is 0 Å². The number of sulfonamides is 1. The lowest BCUT2D eigenvalue weighted by Gasteiger charge is -2.30. The summed E-state index contributed by atoms with van der Waals surface area (Å²) in [6.07, 6.45) is 6.43. The normalized spacial score (nSPS) is 25.9. The van der Waals surface area contributed by atoms with Gasteiger partial charge in [0.15, 0.2) is 11.5 Å². The molecule has 2 aliphatic carbocycles. The predicted molar refractivity (Wildman–Crippen MR) is 215 cm³/mol. The zero-order valence-electron chi connectivity index (χ0n) is 33.2. The molecule has 3 aromatic rings. The Morgan fingerprint density at radius 3 is 2.40 bits per heavy atom. The average molecular weight is 839 g/mol. The fourth-order valence-electron chi connectivity index (χ4n) is 7.48. The van der Waals surface area contributed by atoms with Crippen LogP contribution in [0.25, 0.3) is 21.6 Å². The number of hydrogen-bond donors (Lipinski definition) is 3. The summed E-state index contributed by atoms with van der Waals surface area (Å²) >= 11 is 1.43. The molecule has 3 N–H and O–H groups in total. The van der Waals surface area contributed by atoms with Crippen LogP contribution in [-0.2, 0) is 29.1 Å². The molecule has 5 atom stereocenters. The van der Waals surface area contributed by atoms with Crippen LogP contribution in [0.15, 0.2) is 41.8 Å². The van der Waals surface area contributed by atoms with Crippen LogP contribution in [0.4, 0.5) is 4.79 Å². The van der Waals surface area contributed by atoms with Crippen LogP contribution >= 0.6 is 11.3 Å². The van der Waals surface area contributed by atoms with Crippen molar-refractivity contribution in [2.45, 2.75) is 113 Å². The molecule has 1 aromatic carbocycles. The molecule has 4 heterocycles. The van der Waals surface area contributed by atoms with E-state index in [1.807, 2.05) is 29.7 Å². The van der Waals surface area contributed by atoms with E-state index < -0.39 is 74.3 Å². The lowest BCUT2D eigenvalue weighted by Crippen LogP contribution is -2.58. The third-order valence-electron chi connectivity index (χ3n) is 10.7. The van der Waals surface area contributed by atoms with Crippen LogP contribution in [0, 0.1) is 5.92 Å². The van der Waals surface area contributed by atoms with E-state index in [0.717, 1.165) is 17.7 Å². The molecule has 3 fully saturated rings. The van der Waals surface area contributed by atoms with Crippen molar-refractivity contribution in [3.05, 3.63) is 41.8 Å². The van der Waals surface area contributed by atoms with Crippen molar-refractivity contribution in [1.82, 2.24) is 30.2 Å². The second kappa shape index (κ2) is 16.4. The van der Waals surface area contributed by atoms with Gasteiger partial charge in [-0.05, 0) is 70.7 Å². The number of amides is 4. The fourth-order valence-corrected chi connectivity index (χ4v) is 9.55. The maximum Gasteiger partial charge on any atom is 0.408 e. The highest BCUT2D eigenvalue weighted by Crippen LogP contribution is 2.46. The average Bonchev–Trinajstić information content (AvgIpc) is 4.03. The number of alkyl carbamates (subject to hydrolysis) is 1. The quantitative estimate of drug-likeness (QED) is 0.253. The molecule has 58 heavy (non-hydrogen) atoms. The van der Waals surface area contributed by atoms with E-state index in [9.17, 15) is 27.6 Å². The van der Waals surface area contributed by atoms with Crippen molar-refractivity contribution in [3.63, 3.8) is 0 Å². The Kier molecular flexibility index (Phi) is 11.6. The summed E-state index contributed by atoms with van der Waals surface area (Å²) in [7, 11) is -0.874. The highest BCUT2D eigenvalue weighted by Gasteiger charge is 2.62. The van der Waals surface area contributed by atoms with Crippen molar-refractivity contribution < 1.29 is 46.5 Å². The van der Waals surface area contributed by atoms with Gasteiger partial charge in [0.25, 0.3) is 5.91 Å². The molecule has 0 bridgehead atoms. The molecule has 4 aliphatic rings. The number of hydrogen-bond acceptors (Lipinski definition) is 13. The summed E-state index contributed by atoms with van der Waals surface area (Å²) in [5, 5.41) is 6.89. The maximum absolute atomic E-state index is 14.6. The van der Waals surface area contributed by atoms with E-state index in [0.29, 0.717) is 53.9 Å². The first-order valence-electron chi connectivity index (χ1n) is 19.6. The van der Waals surface area contributed by atoms with Gasteiger partial charge < -0.3 is 34.5 Å². The van der Waals surface area contributed by atoms with Crippen molar-refractivity contribution >= 4 is 56.2 Å². The summed E-state index contributed by atoms with van der Waals surface area (Å²) in [5.41, 5.74) is -0.933. The molecular formula is C40H50N6O10S2. The molecule has 4 amide bonds. The van der Waals surface area contributed by atoms with Gasteiger partial charge in [-0.1, -0.05) is 31.1 Å². The number of methoxy groups -OCH3 is 2. The number of nitrogens with one attached hydrogen (secondary N) is 3. The number of carbonyl (C=O) groups is 4. The highest BCUT2D eigenvalue weighted by molar-refractivity contribution is 7.91. The third-order valence-corrected chi connectivity index (χ3v) is 13.4.